The fourth-order valence-corrected chi connectivity index (χ4v) is 4.06. The number of nitrogens with one attached hydrogen (secondary N) is 1. The summed E-state index contributed by atoms with van der Waals surface area (Å²) in [5.41, 5.74) is 1.51. The molecule has 3 rings (SSSR count). The Labute approximate surface area is 154 Å². The number of nitrogens with zero attached hydrogens (tertiary/aromatic N) is 1. The fraction of sp³-hybridized carbons (Fsp3) is 0.333. The maximum atomic E-state index is 12.3. The SMILES string of the molecule is CCOC(=O)c1c(NC(=O)COC(=O)c2ccccn2)sc2c1CCC2. The highest BCUT2D eigenvalue weighted by atomic mass is 32.1. The number of carbonyl (C=O) groups is 3. The minimum atomic E-state index is -0.681. The average molecular weight is 374 g/mol. The van der Waals surface area contributed by atoms with Gasteiger partial charge in [-0.3, -0.25) is 4.79 Å². The molecule has 0 fully saturated rings. The molecular formula is C18H18N2O5S. The van der Waals surface area contributed by atoms with E-state index in [-0.39, 0.29) is 12.3 Å². The standard InChI is InChI=1S/C18H18N2O5S/c1-2-24-18(23)15-11-6-5-8-13(11)26-16(15)20-14(21)10-25-17(22)12-7-3-4-9-19-12/h3-4,7,9H,2,5-6,8,10H2,1H3,(H,20,21). The van der Waals surface area contributed by atoms with Gasteiger partial charge < -0.3 is 14.8 Å². The Hall–Kier alpha value is -2.74. The largest absolute Gasteiger partial charge is 0.462 e. The Kier molecular flexibility index (Phi) is 5.62. The van der Waals surface area contributed by atoms with Gasteiger partial charge in [-0.05, 0) is 43.9 Å². The topological polar surface area (TPSA) is 94.6 Å². The smallest absolute Gasteiger partial charge is 0.357 e. The van der Waals surface area contributed by atoms with Gasteiger partial charge in [0.2, 0.25) is 0 Å². The lowest BCUT2D eigenvalue weighted by Crippen LogP contribution is -2.22. The Morgan fingerprint density at radius 3 is 2.77 bits per heavy atom. The first-order valence-electron chi connectivity index (χ1n) is 8.29. The molecule has 1 N–H and O–H groups in total. The molecule has 8 heteroatoms. The Morgan fingerprint density at radius 2 is 2.04 bits per heavy atom. The minimum Gasteiger partial charge on any atom is -0.462 e. The van der Waals surface area contributed by atoms with E-state index >= 15 is 0 Å². The summed E-state index contributed by atoms with van der Waals surface area (Å²) in [5.74, 6) is -1.63. The van der Waals surface area contributed by atoms with Crippen LogP contribution in [0.25, 0.3) is 0 Å². The van der Waals surface area contributed by atoms with E-state index in [1.807, 2.05) is 0 Å². The first-order chi connectivity index (χ1) is 12.6. The van der Waals surface area contributed by atoms with Gasteiger partial charge in [-0.15, -0.1) is 11.3 Å². The van der Waals surface area contributed by atoms with Gasteiger partial charge in [0, 0.05) is 11.1 Å². The number of rotatable bonds is 6. The van der Waals surface area contributed by atoms with E-state index < -0.39 is 24.5 Å². The molecule has 7 nitrogen and oxygen atoms in total. The van der Waals surface area contributed by atoms with Crippen LogP contribution in [0.3, 0.4) is 0 Å². The van der Waals surface area contributed by atoms with Crippen molar-refractivity contribution in [1.29, 1.82) is 0 Å². The second-order valence-corrected chi connectivity index (χ2v) is 6.73. The van der Waals surface area contributed by atoms with Crippen molar-refractivity contribution in [2.24, 2.45) is 0 Å². The van der Waals surface area contributed by atoms with Crippen LogP contribution in [-0.2, 0) is 27.1 Å². The van der Waals surface area contributed by atoms with Gasteiger partial charge in [0.15, 0.2) is 6.61 Å². The zero-order chi connectivity index (χ0) is 18.5. The van der Waals surface area contributed by atoms with E-state index in [2.05, 4.69) is 10.3 Å². The van der Waals surface area contributed by atoms with Crippen LogP contribution in [0, 0.1) is 0 Å². The molecule has 26 heavy (non-hydrogen) atoms. The first kappa shape index (κ1) is 18.1. The van der Waals surface area contributed by atoms with E-state index in [1.54, 1.807) is 19.1 Å². The third-order valence-electron chi connectivity index (χ3n) is 3.86. The third kappa shape index (κ3) is 3.91. The molecule has 0 saturated carbocycles. The van der Waals surface area contributed by atoms with Crippen molar-refractivity contribution < 1.29 is 23.9 Å². The number of aryl methyl sites for hydroxylation is 1. The quantitative estimate of drug-likeness (QED) is 0.781. The molecule has 0 atom stereocenters. The highest BCUT2D eigenvalue weighted by Crippen LogP contribution is 2.39. The molecule has 0 radical (unpaired) electrons. The van der Waals surface area contributed by atoms with Crippen LogP contribution < -0.4 is 5.32 Å². The molecule has 2 heterocycles. The number of amides is 1. The first-order valence-corrected chi connectivity index (χ1v) is 9.11. The second kappa shape index (κ2) is 8.09. The van der Waals surface area contributed by atoms with Gasteiger partial charge in [-0.2, -0.15) is 0 Å². The van der Waals surface area contributed by atoms with Crippen molar-refractivity contribution in [3.63, 3.8) is 0 Å². The molecule has 0 bridgehead atoms. The number of thiophene rings is 1. The van der Waals surface area contributed by atoms with Crippen LogP contribution >= 0.6 is 11.3 Å². The van der Waals surface area contributed by atoms with Crippen LogP contribution in [0.4, 0.5) is 5.00 Å². The monoisotopic (exact) mass is 374 g/mol. The molecule has 0 spiro atoms. The van der Waals surface area contributed by atoms with Crippen molar-refractivity contribution in [1.82, 2.24) is 4.98 Å². The number of hydrogen-bond acceptors (Lipinski definition) is 7. The number of ether oxygens (including phenoxy) is 2. The van der Waals surface area contributed by atoms with Gasteiger partial charge in [-0.1, -0.05) is 6.07 Å². The number of fused-ring (bicyclic) bond motifs is 1. The molecule has 1 amide bonds. The van der Waals surface area contributed by atoms with Crippen molar-refractivity contribution in [2.75, 3.05) is 18.5 Å². The van der Waals surface area contributed by atoms with Gasteiger partial charge in [0.05, 0.1) is 12.2 Å². The number of aromatic nitrogens is 1. The molecule has 0 unspecified atom stereocenters. The number of anilines is 1. The summed E-state index contributed by atoms with van der Waals surface area (Å²) in [6.07, 6.45) is 4.14. The number of esters is 2. The van der Waals surface area contributed by atoms with Gasteiger partial charge in [-0.25, -0.2) is 14.6 Å². The van der Waals surface area contributed by atoms with Crippen LogP contribution in [0.5, 0.6) is 0 Å². The lowest BCUT2D eigenvalue weighted by Gasteiger charge is -2.08. The summed E-state index contributed by atoms with van der Waals surface area (Å²) in [5, 5.41) is 3.12. The molecule has 136 valence electrons. The Bertz CT molecular complexity index is 832. The highest BCUT2D eigenvalue weighted by Gasteiger charge is 2.28. The molecule has 1 aliphatic rings. The Balaban J connectivity index is 1.66. The van der Waals surface area contributed by atoms with Crippen LogP contribution in [-0.4, -0.2) is 36.0 Å². The number of pyridine rings is 1. The zero-order valence-corrected chi connectivity index (χ0v) is 15.1. The van der Waals surface area contributed by atoms with Crippen molar-refractivity contribution in [3.05, 3.63) is 46.1 Å². The van der Waals surface area contributed by atoms with Crippen molar-refractivity contribution >= 4 is 34.2 Å². The van der Waals surface area contributed by atoms with E-state index in [1.165, 1.54) is 23.6 Å². The maximum absolute atomic E-state index is 12.3. The van der Waals surface area contributed by atoms with E-state index in [0.717, 1.165) is 29.7 Å². The van der Waals surface area contributed by atoms with E-state index in [4.69, 9.17) is 9.47 Å². The second-order valence-electron chi connectivity index (χ2n) is 5.62. The van der Waals surface area contributed by atoms with Crippen molar-refractivity contribution in [2.45, 2.75) is 26.2 Å². The molecule has 0 saturated heterocycles. The van der Waals surface area contributed by atoms with Crippen LogP contribution in [0.2, 0.25) is 0 Å². The Morgan fingerprint density at radius 1 is 1.19 bits per heavy atom. The van der Waals surface area contributed by atoms with E-state index in [0.29, 0.717) is 10.6 Å². The normalized spacial score (nSPS) is 12.3. The summed E-state index contributed by atoms with van der Waals surface area (Å²) in [4.78, 5) is 41.2. The van der Waals surface area contributed by atoms with E-state index in [9.17, 15) is 14.4 Å². The zero-order valence-electron chi connectivity index (χ0n) is 14.2. The summed E-state index contributed by atoms with van der Waals surface area (Å²) >= 11 is 1.38. The predicted octanol–water partition coefficient (Wildman–Crippen LogP) is 2.60. The molecular weight excluding hydrogens is 356 g/mol. The summed E-state index contributed by atoms with van der Waals surface area (Å²) in [6, 6.07) is 4.84. The number of carbonyl (C=O) groups excluding carboxylic acids is 3. The molecule has 2 aromatic rings. The minimum absolute atomic E-state index is 0.127. The summed E-state index contributed by atoms with van der Waals surface area (Å²) < 4.78 is 10.1. The predicted molar refractivity (Wildman–Crippen MR) is 95.4 cm³/mol. The maximum Gasteiger partial charge on any atom is 0.357 e. The molecule has 0 aromatic carbocycles. The van der Waals surface area contributed by atoms with Crippen LogP contribution in [0.1, 0.15) is 44.6 Å². The average Bonchev–Trinajstić information content (AvgIpc) is 3.21. The van der Waals surface area contributed by atoms with Gasteiger partial charge in [0.1, 0.15) is 10.7 Å². The third-order valence-corrected chi connectivity index (χ3v) is 5.07. The van der Waals surface area contributed by atoms with Gasteiger partial charge in [0.25, 0.3) is 5.91 Å². The van der Waals surface area contributed by atoms with Crippen molar-refractivity contribution in [3.8, 4) is 0 Å². The summed E-state index contributed by atoms with van der Waals surface area (Å²) in [7, 11) is 0. The number of hydrogen-bond donors (Lipinski definition) is 1. The summed E-state index contributed by atoms with van der Waals surface area (Å²) in [6.45, 7) is 1.54. The highest BCUT2D eigenvalue weighted by molar-refractivity contribution is 7.17. The lowest BCUT2D eigenvalue weighted by atomic mass is 10.1. The van der Waals surface area contributed by atoms with Crippen LogP contribution in [0.15, 0.2) is 24.4 Å². The lowest BCUT2D eigenvalue weighted by molar-refractivity contribution is -0.119. The van der Waals surface area contributed by atoms with Gasteiger partial charge >= 0.3 is 11.9 Å². The molecule has 2 aromatic heterocycles. The molecule has 1 aliphatic carbocycles. The fourth-order valence-electron chi connectivity index (χ4n) is 2.76. The molecule has 0 aliphatic heterocycles.